The second-order valence-electron chi connectivity index (χ2n) is 5.02. The van der Waals surface area contributed by atoms with E-state index >= 15 is 0 Å². The zero-order chi connectivity index (χ0) is 15.0. The molecule has 1 heterocycles. The summed E-state index contributed by atoms with van der Waals surface area (Å²) < 4.78 is 0. The van der Waals surface area contributed by atoms with Crippen molar-refractivity contribution in [2.45, 2.75) is 0 Å². The molecule has 0 atom stereocenters. The lowest BCUT2D eigenvalue weighted by molar-refractivity contribution is 0.867. The average molecular weight is 277 g/mol. The Labute approximate surface area is 122 Å². The zero-order valence-corrected chi connectivity index (χ0v) is 11.3. The monoisotopic (exact) mass is 277 g/mol. The third-order valence-electron chi connectivity index (χ3n) is 3.68. The molecule has 3 rings (SSSR count). The van der Waals surface area contributed by atoms with E-state index in [9.17, 15) is 0 Å². The van der Waals surface area contributed by atoms with Gasteiger partial charge in [-0.1, -0.05) is 42.5 Å². The number of allylic oxidation sites excluding steroid dienone is 2. The van der Waals surface area contributed by atoms with E-state index in [1.165, 1.54) is 0 Å². The summed E-state index contributed by atoms with van der Waals surface area (Å²) in [6, 6.07) is 9.84. The van der Waals surface area contributed by atoms with Gasteiger partial charge in [-0.05, 0) is 12.2 Å². The highest BCUT2D eigenvalue weighted by molar-refractivity contribution is 6.14. The lowest BCUT2D eigenvalue weighted by Crippen LogP contribution is -2.45. The molecule has 0 fully saturated rings. The lowest BCUT2D eigenvalue weighted by atomic mass is 9.80. The smallest absolute Gasteiger partial charge is 0.122 e. The van der Waals surface area contributed by atoms with Gasteiger partial charge in [-0.3, -0.25) is 10.8 Å². The molecular weight excluding hydrogens is 262 g/mol. The number of amidine groups is 2. The second-order valence-corrected chi connectivity index (χ2v) is 5.02. The van der Waals surface area contributed by atoms with Crippen LogP contribution in [-0.2, 0) is 0 Å². The van der Waals surface area contributed by atoms with Crippen LogP contribution in [0.25, 0.3) is 0 Å². The Morgan fingerprint density at radius 2 is 1.71 bits per heavy atom. The van der Waals surface area contributed by atoms with Gasteiger partial charge in [-0.15, -0.1) is 0 Å². The minimum Gasteiger partial charge on any atom is -0.386 e. The molecule has 5 heteroatoms. The Hall–Kier alpha value is -2.95. The second kappa shape index (κ2) is 4.56. The molecule has 0 saturated heterocycles. The lowest BCUT2D eigenvalue weighted by Gasteiger charge is -2.27. The van der Waals surface area contributed by atoms with Gasteiger partial charge in [0, 0.05) is 11.1 Å². The summed E-state index contributed by atoms with van der Waals surface area (Å²) >= 11 is 0. The fourth-order valence-electron chi connectivity index (χ4n) is 2.42. The maximum atomic E-state index is 7.73. The van der Waals surface area contributed by atoms with E-state index in [1.54, 1.807) is 12.2 Å². The van der Waals surface area contributed by atoms with E-state index in [-0.39, 0.29) is 11.7 Å². The maximum Gasteiger partial charge on any atom is 0.122 e. The number of rotatable bonds is 3. The molecule has 1 aliphatic heterocycles. The third-order valence-corrected chi connectivity index (χ3v) is 3.68. The largest absolute Gasteiger partial charge is 0.386 e. The number of aliphatic imine (C=N–C) groups is 1. The molecule has 1 aliphatic carbocycles. The first-order valence-corrected chi connectivity index (χ1v) is 6.50. The van der Waals surface area contributed by atoms with Crippen molar-refractivity contribution in [1.82, 2.24) is 0 Å². The molecule has 0 radical (unpaired) electrons. The van der Waals surface area contributed by atoms with Gasteiger partial charge in [0.1, 0.15) is 17.1 Å². The van der Waals surface area contributed by atoms with Crippen molar-refractivity contribution in [2.24, 2.45) is 21.9 Å². The summed E-state index contributed by atoms with van der Waals surface area (Å²) in [5.41, 5.74) is 13.6. The van der Waals surface area contributed by atoms with Gasteiger partial charge in [-0.2, -0.15) is 0 Å². The van der Waals surface area contributed by atoms with Crippen LogP contribution < -0.4 is 11.5 Å². The molecule has 0 bridgehead atoms. The van der Waals surface area contributed by atoms with Crippen LogP contribution in [0.2, 0.25) is 0 Å². The van der Waals surface area contributed by atoms with Gasteiger partial charge in [-0.25, -0.2) is 4.99 Å². The van der Waals surface area contributed by atoms with Crippen molar-refractivity contribution in [2.75, 3.05) is 0 Å². The van der Waals surface area contributed by atoms with E-state index in [0.29, 0.717) is 5.70 Å². The summed E-state index contributed by atoms with van der Waals surface area (Å²) in [5.74, 6) is -0.359. The number of hydrogen-bond donors (Lipinski definition) is 4. The fraction of sp³-hybridized carbons (Fsp3) is 0.0625. The summed E-state index contributed by atoms with van der Waals surface area (Å²) in [4.78, 5) is 4.57. The molecule has 21 heavy (non-hydrogen) atoms. The Morgan fingerprint density at radius 3 is 2.33 bits per heavy atom. The number of nitrogens with zero attached hydrogens (tertiary/aromatic N) is 1. The molecule has 1 aromatic carbocycles. The molecule has 0 amide bonds. The molecule has 0 spiro atoms. The molecule has 2 aliphatic rings. The van der Waals surface area contributed by atoms with Crippen molar-refractivity contribution >= 4 is 17.4 Å². The number of benzene rings is 1. The van der Waals surface area contributed by atoms with E-state index in [1.807, 2.05) is 42.5 Å². The highest BCUT2D eigenvalue weighted by Crippen LogP contribution is 2.35. The van der Waals surface area contributed by atoms with E-state index < -0.39 is 5.41 Å². The normalized spacial score (nSPS) is 23.0. The quantitative estimate of drug-likeness (QED) is 0.498. The standard InChI is InChI=1S/C16H15N5/c17-14(18)16(15(19)20)7-6-11-8-12(21-13(11)9-16)10-4-2-1-3-5-10/h1-9H,(H3,17,18)(H3,19,20). The van der Waals surface area contributed by atoms with Crippen molar-refractivity contribution in [1.29, 1.82) is 10.8 Å². The minimum atomic E-state index is -1.16. The van der Waals surface area contributed by atoms with Gasteiger partial charge in [0.05, 0.1) is 11.4 Å². The molecule has 0 aromatic heterocycles. The summed E-state index contributed by atoms with van der Waals surface area (Å²) in [6.45, 7) is 0. The molecule has 0 unspecified atom stereocenters. The highest BCUT2D eigenvalue weighted by Gasteiger charge is 2.36. The van der Waals surface area contributed by atoms with E-state index in [0.717, 1.165) is 16.8 Å². The maximum absolute atomic E-state index is 7.73. The average Bonchev–Trinajstić information content (AvgIpc) is 2.90. The SMILES string of the molecule is N=C(N)C1(C(=N)N)C=CC2=CC(c3ccccc3)=NC2=C1. The third kappa shape index (κ3) is 1.99. The van der Waals surface area contributed by atoms with Crippen LogP contribution in [0.4, 0.5) is 0 Å². The van der Waals surface area contributed by atoms with Gasteiger partial charge < -0.3 is 11.5 Å². The zero-order valence-electron chi connectivity index (χ0n) is 11.3. The Kier molecular flexibility index (Phi) is 2.83. The molecule has 0 saturated carbocycles. The first kappa shape index (κ1) is 13.1. The summed E-state index contributed by atoms with van der Waals surface area (Å²) in [7, 11) is 0. The van der Waals surface area contributed by atoms with Crippen molar-refractivity contribution in [3.8, 4) is 0 Å². The summed E-state index contributed by atoms with van der Waals surface area (Å²) in [5, 5.41) is 15.5. The molecule has 1 aromatic rings. The molecule has 5 nitrogen and oxygen atoms in total. The van der Waals surface area contributed by atoms with Crippen LogP contribution >= 0.6 is 0 Å². The Morgan fingerprint density at radius 1 is 1.05 bits per heavy atom. The van der Waals surface area contributed by atoms with Crippen molar-refractivity contribution in [3.05, 3.63) is 71.5 Å². The first-order valence-electron chi connectivity index (χ1n) is 6.50. The van der Waals surface area contributed by atoms with E-state index in [2.05, 4.69) is 4.99 Å². The topological polar surface area (TPSA) is 112 Å². The van der Waals surface area contributed by atoms with E-state index in [4.69, 9.17) is 22.3 Å². The number of nitrogens with two attached hydrogens (primary N) is 2. The highest BCUT2D eigenvalue weighted by atomic mass is 14.9. The van der Waals surface area contributed by atoms with Gasteiger partial charge in [0.25, 0.3) is 0 Å². The van der Waals surface area contributed by atoms with Crippen molar-refractivity contribution in [3.63, 3.8) is 0 Å². The molecule has 104 valence electrons. The van der Waals surface area contributed by atoms with Crippen LogP contribution in [-0.4, -0.2) is 17.4 Å². The number of fused-ring (bicyclic) bond motifs is 1. The van der Waals surface area contributed by atoms with Crippen LogP contribution in [0, 0.1) is 16.2 Å². The van der Waals surface area contributed by atoms with Gasteiger partial charge >= 0.3 is 0 Å². The van der Waals surface area contributed by atoms with Crippen molar-refractivity contribution < 1.29 is 0 Å². The Balaban J connectivity index is 2.07. The minimum absolute atomic E-state index is 0.179. The summed E-state index contributed by atoms with van der Waals surface area (Å²) in [6.07, 6.45) is 7.15. The van der Waals surface area contributed by atoms with Gasteiger partial charge in [0.15, 0.2) is 0 Å². The Bertz CT molecular complexity index is 736. The van der Waals surface area contributed by atoms with Gasteiger partial charge in [0.2, 0.25) is 0 Å². The molecule has 6 N–H and O–H groups in total. The van der Waals surface area contributed by atoms with Crippen LogP contribution in [0.3, 0.4) is 0 Å². The van der Waals surface area contributed by atoms with Crippen LogP contribution in [0.5, 0.6) is 0 Å². The predicted molar refractivity (Wildman–Crippen MR) is 84.5 cm³/mol. The van der Waals surface area contributed by atoms with Crippen LogP contribution in [0.15, 0.2) is 70.9 Å². The van der Waals surface area contributed by atoms with Crippen LogP contribution in [0.1, 0.15) is 5.56 Å². The fourth-order valence-corrected chi connectivity index (χ4v) is 2.42. The predicted octanol–water partition coefficient (Wildman–Crippen LogP) is 1.73. The first-order chi connectivity index (χ1) is 10.0. The number of nitrogens with one attached hydrogen (secondary N) is 2. The molecular formula is C16H15N5. The number of hydrogen-bond acceptors (Lipinski definition) is 3.